The monoisotopic (exact) mass is 189 g/mol. The van der Waals surface area contributed by atoms with Crippen LogP contribution in [0.1, 0.15) is 6.42 Å². The summed E-state index contributed by atoms with van der Waals surface area (Å²) in [5, 5.41) is 37.4. The van der Waals surface area contributed by atoms with E-state index >= 15 is 0 Å². The Morgan fingerprint density at radius 1 is 1.15 bits per heavy atom. The van der Waals surface area contributed by atoms with E-state index in [0.29, 0.717) is 13.0 Å². The van der Waals surface area contributed by atoms with Crippen molar-refractivity contribution in [1.29, 1.82) is 0 Å². The van der Waals surface area contributed by atoms with Crippen LogP contribution in [0.25, 0.3) is 0 Å². The van der Waals surface area contributed by atoms with E-state index in [1.807, 2.05) is 0 Å². The lowest BCUT2D eigenvalue weighted by Crippen LogP contribution is -2.40. The second-order valence-electron chi connectivity index (χ2n) is 3.88. The summed E-state index contributed by atoms with van der Waals surface area (Å²) in [4.78, 5) is 1.79. The molecule has 2 rings (SSSR count). The number of hydrogen-bond acceptors (Lipinski definition) is 5. The molecule has 5 heteroatoms. The minimum atomic E-state index is -0.887. The van der Waals surface area contributed by atoms with E-state index in [4.69, 9.17) is 5.11 Å². The molecule has 5 atom stereocenters. The Balaban J connectivity index is 2.15. The maximum atomic E-state index is 9.57. The number of hydrogen-bond donors (Lipinski definition) is 4. The highest BCUT2D eigenvalue weighted by Crippen LogP contribution is 2.32. The molecule has 0 aliphatic carbocycles. The highest BCUT2D eigenvalue weighted by Gasteiger charge is 2.51. The smallest absolute Gasteiger partial charge is 0.0991 e. The van der Waals surface area contributed by atoms with Crippen molar-refractivity contribution < 1.29 is 20.4 Å². The average molecular weight is 189 g/mol. The van der Waals surface area contributed by atoms with E-state index in [2.05, 4.69) is 0 Å². The number of aliphatic hydroxyl groups excluding tert-OH is 4. The van der Waals surface area contributed by atoms with Gasteiger partial charge in [0.05, 0.1) is 31.0 Å². The fraction of sp³-hybridized carbons (Fsp3) is 1.00. The molecule has 0 amide bonds. The van der Waals surface area contributed by atoms with Gasteiger partial charge in [0.15, 0.2) is 0 Å². The summed E-state index contributed by atoms with van der Waals surface area (Å²) in [6, 6.07) is -0.612. The van der Waals surface area contributed by atoms with E-state index in [1.165, 1.54) is 0 Å². The molecule has 2 heterocycles. The van der Waals surface area contributed by atoms with Crippen LogP contribution in [0.15, 0.2) is 0 Å². The normalized spacial score (nSPS) is 51.2. The molecule has 0 saturated carbocycles. The van der Waals surface area contributed by atoms with Gasteiger partial charge in [-0.05, 0) is 6.42 Å². The van der Waals surface area contributed by atoms with Crippen molar-refractivity contribution in [2.24, 2.45) is 0 Å². The van der Waals surface area contributed by atoms with Crippen LogP contribution in [0.4, 0.5) is 0 Å². The van der Waals surface area contributed by atoms with E-state index in [0.717, 1.165) is 0 Å². The predicted octanol–water partition coefficient (Wildman–Crippen LogP) is -2.48. The van der Waals surface area contributed by atoms with E-state index in [-0.39, 0.29) is 12.6 Å². The van der Waals surface area contributed by atoms with Gasteiger partial charge in [0.1, 0.15) is 0 Å². The highest BCUT2D eigenvalue weighted by molar-refractivity contribution is 5.05. The number of aliphatic hydroxyl groups is 4. The summed E-state index contributed by atoms with van der Waals surface area (Å²) in [5.41, 5.74) is 0. The maximum Gasteiger partial charge on any atom is 0.0991 e. The summed E-state index contributed by atoms with van der Waals surface area (Å²) in [7, 11) is 0. The summed E-state index contributed by atoms with van der Waals surface area (Å²) in [6.45, 7) is 0.255. The molecule has 0 aromatic heterocycles. The lowest BCUT2D eigenvalue weighted by molar-refractivity contribution is 0.00859. The van der Waals surface area contributed by atoms with Crippen molar-refractivity contribution in [3.8, 4) is 0 Å². The summed E-state index contributed by atoms with van der Waals surface area (Å²) < 4.78 is 0. The molecule has 0 bridgehead atoms. The molecule has 13 heavy (non-hydrogen) atoms. The topological polar surface area (TPSA) is 84.2 Å². The minimum Gasteiger partial charge on any atom is -0.395 e. The lowest BCUT2D eigenvalue weighted by Gasteiger charge is -2.22. The third-order valence-electron chi connectivity index (χ3n) is 3.11. The van der Waals surface area contributed by atoms with Crippen LogP contribution in [-0.2, 0) is 0 Å². The van der Waals surface area contributed by atoms with Crippen molar-refractivity contribution in [2.45, 2.75) is 36.8 Å². The predicted molar refractivity (Wildman–Crippen MR) is 44.0 cm³/mol. The second kappa shape index (κ2) is 3.18. The summed E-state index contributed by atoms with van der Waals surface area (Å²) in [5.74, 6) is 0. The van der Waals surface area contributed by atoms with Crippen molar-refractivity contribution in [3.63, 3.8) is 0 Å². The molecule has 2 aliphatic rings. The molecule has 4 N–H and O–H groups in total. The molecule has 2 fully saturated rings. The first-order valence-corrected chi connectivity index (χ1v) is 4.56. The number of rotatable bonds is 1. The number of fused-ring (bicyclic) bond motifs is 1. The fourth-order valence-corrected chi connectivity index (χ4v) is 2.45. The first-order valence-electron chi connectivity index (χ1n) is 4.56. The first-order chi connectivity index (χ1) is 6.15. The van der Waals surface area contributed by atoms with E-state index in [9.17, 15) is 15.3 Å². The zero-order valence-electron chi connectivity index (χ0n) is 7.24. The van der Waals surface area contributed by atoms with Gasteiger partial charge in [0.2, 0.25) is 0 Å². The largest absolute Gasteiger partial charge is 0.395 e. The molecule has 0 unspecified atom stereocenters. The summed E-state index contributed by atoms with van der Waals surface area (Å²) >= 11 is 0. The van der Waals surface area contributed by atoms with Crippen molar-refractivity contribution in [2.75, 3.05) is 13.2 Å². The van der Waals surface area contributed by atoms with Crippen LogP contribution >= 0.6 is 0 Å². The Kier molecular flexibility index (Phi) is 2.29. The van der Waals surface area contributed by atoms with Crippen molar-refractivity contribution in [3.05, 3.63) is 0 Å². The molecule has 2 aliphatic heterocycles. The molecular formula is C8H15NO4. The highest BCUT2D eigenvalue weighted by atomic mass is 16.3. The molecule has 2 saturated heterocycles. The third-order valence-corrected chi connectivity index (χ3v) is 3.11. The first kappa shape index (κ1) is 9.36. The molecular weight excluding hydrogens is 174 g/mol. The van der Waals surface area contributed by atoms with Gasteiger partial charge in [-0.3, -0.25) is 4.90 Å². The molecule has 5 nitrogen and oxygen atoms in total. The van der Waals surface area contributed by atoms with Gasteiger partial charge >= 0.3 is 0 Å². The van der Waals surface area contributed by atoms with Crippen LogP contribution in [-0.4, -0.2) is 68.9 Å². The lowest BCUT2D eigenvalue weighted by atomic mass is 10.0. The molecule has 0 radical (unpaired) electrons. The van der Waals surface area contributed by atoms with Crippen LogP contribution in [0.2, 0.25) is 0 Å². The van der Waals surface area contributed by atoms with Crippen LogP contribution < -0.4 is 0 Å². The van der Waals surface area contributed by atoms with Gasteiger partial charge in [0, 0.05) is 12.6 Å². The van der Waals surface area contributed by atoms with E-state index < -0.39 is 24.4 Å². The molecule has 76 valence electrons. The van der Waals surface area contributed by atoms with Crippen LogP contribution in [0.3, 0.4) is 0 Å². The Hall–Kier alpha value is -0.200. The van der Waals surface area contributed by atoms with Gasteiger partial charge in [-0.1, -0.05) is 0 Å². The van der Waals surface area contributed by atoms with Crippen molar-refractivity contribution >= 4 is 0 Å². The van der Waals surface area contributed by atoms with Gasteiger partial charge in [-0.2, -0.15) is 0 Å². The zero-order chi connectivity index (χ0) is 9.59. The Labute approximate surface area is 76.2 Å². The Morgan fingerprint density at radius 3 is 2.46 bits per heavy atom. The zero-order valence-corrected chi connectivity index (χ0v) is 7.24. The van der Waals surface area contributed by atoms with Crippen LogP contribution in [0, 0.1) is 0 Å². The SMILES string of the molecule is OC[C@H]1[C@H](O)[C@H](O)[C@H]2C[C@@H](O)CN21. The van der Waals surface area contributed by atoms with Crippen molar-refractivity contribution in [1.82, 2.24) is 4.90 Å². The third kappa shape index (κ3) is 1.28. The maximum absolute atomic E-state index is 9.57. The minimum absolute atomic E-state index is 0.179. The second-order valence-corrected chi connectivity index (χ2v) is 3.88. The molecule has 0 aromatic carbocycles. The van der Waals surface area contributed by atoms with Crippen LogP contribution in [0.5, 0.6) is 0 Å². The van der Waals surface area contributed by atoms with Gasteiger partial charge < -0.3 is 20.4 Å². The van der Waals surface area contributed by atoms with E-state index in [1.54, 1.807) is 4.90 Å². The molecule has 0 spiro atoms. The van der Waals surface area contributed by atoms with Gasteiger partial charge in [-0.15, -0.1) is 0 Å². The Bertz CT molecular complexity index is 199. The number of nitrogens with zero attached hydrogens (tertiary/aromatic N) is 1. The standard InChI is InChI=1S/C8H15NO4/c10-3-6-8(13)7(12)5-1-4(11)2-9(5)6/h4-8,10-13H,1-3H2/t4-,5-,6+,7-,8+/m1/s1. The molecule has 0 aromatic rings. The van der Waals surface area contributed by atoms with Gasteiger partial charge in [-0.25, -0.2) is 0 Å². The van der Waals surface area contributed by atoms with Gasteiger partial charge in [0.25, 0.3) is 0 Å². The Morgan fingerprint density at radius 2 is 1.85 bits per heavy atom. The summed E-state index contributed by atoms with van der Waals surface area (Å²) in [6.07, 6.45) is -1.69. The fourth-order valence-electron chi connectivity index (χ4n) is 2.45. The average Bonchev–Trinajstić information content (AvgIpc) is 2.54. The quantitative estimate of drug-likeness (QED) is 0.367.